The highest BCUT2D eigenvalue weighted by atomic mass is 19.1. The summed E-state index contributed by atoms with van der Waals surface area (Å²) >= 11 is 0. The Balaban J connectivity index is 1.98. The number of hydrogen-bond acceptors (Lipinski definition) is 2. The Morgan fingerprint density at radius 3 is 2.33 bits per heavy atom. The lowest BCUT2D eigenvalue weighted by atomic mass is 9.99. The average molecular weight is 329 g/mol. The molecule has 0 saturated carbocycles. The fourth-order valence-electron chi connectivity index (χ4n) is 2.47. The topological polar surface area (TPSA) is 66.4 Å². The van der Waals surface area contributed by atoms with E-state index < -0.39 is 17.9 Å². The van der Waals surface area contributed by atoms with Gasteiger partial charge >= 0.3 is 5.97 Å². The van der Waals surface area contributed by atoms with Crippen LogP contribution in [0, 0.1) is 11.7 Å². The number of amides is 1. The summed E-state index contributed by atoms with van der Waals surface area (Å²) in [6, 6.07) is 14.2. The molecule has 2 atom stereocenters. The zero-order valence-corrected chi connectivity index (χ0v) is 13.4. The van der Waals surface area contributed by atoms with Crippen molar-refractivity contribution in [2.75, 3.05) is 0 Å². The van der Waals surface area contributed by atoms with E-state index >= 15 is 0 Å². The Hall–Kier alpha value is -2.69. The van der Waals surface area contributed by atoms with Crippen LogP contribution >= 0.6 is 0 Å². The fraction of sp³-hybridized carbons (Fsp3) is 0.263. The van der Waals surface area contributed by atoms with Crippen molar-refractivity contribution < 1.29 is 19.1 Å². The van der Waals surface area contributed by atoms with Gasteiger partial charge in [0.15, 0.2) is 0 Å². The third-order valence-electron chi connectivity index (χ3n) is 3.78. The highest BCUT2D eigenvalue weighted by Gasteiger charge is 2.23. The van der Waals surface area contributed by atoms with Crippen LogP contribution in [0.3, 0.4) is 0 Å². The highest BCUT2D eigenvalue weighted by molar-refractivity contribution is 5.85. The summed E-state index contributed by atoms with van der Waals surface area (Å²) < 4.78 is 13.2. The van der Waals surface area contributed by atoms with Crippen molar-refractivity contribution in [3.63, 3.8) is 0 Å². The van der Waals surface area contributed by atoms with E-state index in [0.29, 0.717) is 12.0 Å². The molecule has 2 N–H and O–H groups in total. The first-order valence-electron chi connectivity index (χ1n) is 7.77. The zero-order chi connectivity index (χ0) is 17.5. The lowest BCUT2D eigenvalue weighted by Crippen LogP contribution is -2.44. The Bertz CT molecular complexity index is 703. The zero-order valence-electron chi connectivity index (χ0n) is 13.4. The summed E-state index contributed by atoms with van der Waals surface area (Å²) in [7, 11) is 0. The van der Waals surface area contributed by atoms with E-state index in [2.05, 4.69) is 5.32 Å². The lowest BCUT2D eigenvalue weighted by molar-refractivity contribution is -0.142. The van der Waals surface area contributed by atoms with Gasteiger partial charge in [0, 0.05) is 12.3 Å². The predicted molar refractivity (Wildman–Crippen MR) is 89.0 cm³/mol. The Kier molecular flexibility index (Phi) is 6.07. The molecular weight excluding hydrogens is 309 g/mol. The van der Waals surface area contributed by atoms with Crippen molar-refractivity contribution in [3.05, 3.63) is 71.5 Å². The second kappa shape index (κ2) is 8.24. The van der Waals surface area contributed by atoms with Gasteiger partial charge in [-0.2, -0.15) is 0 Å². The number of halogens is 1. The van der Waals surface area contributed by atoms with Crippen LogP contribution in [-0.4, -0.2) is 23.0 Å². The van der Waals surface area contributed by atoms with Crippen LogP contribution in [0.15, 0.2) is 54.6 Å². The standard InChI is InChI=1S/C19H20FNO3/c1-13(10-15-8-5-9-16(20)11-15)18(22)21-17(19(23)24)12-14-6-3-2-4-7-14/h2-9,11,13,17H,10,12H2,1H3,(H,21,22)(H,23,24)/t13?,17-/m0/s1. The minimum absolute atomic E-state index is 0.217. The molecule has 1 unspecified atom stereocenters. The Morgan fingerprint density at radius 2 is 1.71 bits per heavy atom. The first-order chi connectivity index (χ1) is 11.5. The summed E-state index contributed by atoms with van der Waals surface area (Å²) in [4.78, 5) is 23.7. The SMILES string of the molecule is CC(Cc1cccc(F)c1)C(=O)N[C@@H](Cc1ccccc1)C(=O)O. The molecule has 0 bridgehead atoms. The van der Waals surface area contributed by atoms with Crippen molar-refractivity contribution >= 4 is 11.9 Å². The highest BCUT2D eigenvalue weighted by Crippen LogP contribution is 2.11. The van der Waals surface area contributed by atoms with Gasteiger partial charge in [-0.15, -0.1) is 0 Å². The van der Waals surface area contributed by atoms with Gasteiger partial charge in [-0.25, -0.2) is 9.18 Å². The van der Waals surface area contributed by atoms with Gasteiger partial charge in [0.05, 0.1) is 0 Å². The van der Waals surface area contributed by atoms with Crippen molar-refractivity contribution in [2.24, 2.45) is 5.92 Å². The second-order valence-corrected chi connectivity index (χ2v) is 5.82. The number of carbonyl (C=O) groups excluding carboxylic acids is 1. The molecule has 0 aliphatic rings. The predicted octanol–water partition coefficient (Wildman–Crippen LogP) is 2.82. The van der Waals surface area contributed by atoms with Gasteiger partial charge in [0.1, 0.15) is 11.9 Å². The van der Waals surface area contributed by atoms with Crippen molar-refractivity contribution in [1.82, 2.24) is 5.32 Å². The first-order valence-corrected chi connectivity index (χ1v) is 7.77. The van der Waals surface area contributed by atoms with Crippen LogP contribution in [0.25, 0.3) is 0 Å². The molecular formula is C19H20FNO3. The van der Waals surface area contributed by atoms with Crippen LogP contribution in [-0.2, 0) is 22.4 Å². The van der Waals surface area contributed by atoms with Crippen molar-refractivity contribution in [1.29, 1.82) is 0 Å². The summed E-state index contributed by atoms with van der Waals surface area (Å²) in [6.45, 7) is 1.70. The summed E-state index contributed by atoms with van der Waals surface area (Å²) in [5.74, 6) is -2.25. The number of benzene rings is 2. The van der Waals surface area contributed by atoms with E-state index in [-0.39, 0.29) is 18.1 Å². The average Bonchev–Trinajstić information content (AvgIpc) is 2.55. The largest absolute Gasteiger partial charge is 0.480 e. The molecule has 2 rings (SSSR count). The minimum atomic E-state index is -1.08. The van der Waals surface area contributed by atoms with Gasteiger partial charge in [0.25, 0.3) is 0 Å². The number of carbonyl (C=O) groups is 2. The third kappa shape index (κ3) is 5.19. The van der Waals surface area contributed by atoms with Crippen molar-refractivity contribution in [3.8, 4) is 0 Å². The number of rotatable bonds is 7. The fourth-order valence-corrected chi connectivity index (χ4v) is 2.47. The monoisotopic (exact) mass is 329 g/mol. The van der Waals surface area contributed by atoms with Crippen LogP contribution in [0.1, 0.15) is 18.1 Å². The van der Waals surface area contributed by atoms with E-state index in [1.807, 2.05) is 30.3 Å². The number of nitrogens with one attached hydrogen (secondary N) is 1. The molecule has 2 aromatic rings. The van der Waals surface area contributed by atoms with Gasteiger partial charge in [-0.3, -0.25) is 4.79 Å². The first kappa shape index (κ1) is 17.7. The lowest BCUT2D eigenvalue weighted by Gasteiger charge is -2.18. The molecule has 0 spiro atoms. The molecule has 0 aromatic heterocycles. The maximum absolute atomic E-state index is 13.2. The second-order valence-electron chi connectivity index (χ2n) is 5.82. The molecule has 0 aliphatic heterocycles. The van der Waals surface area contributed by atoms with Gasteiger partial charge < -0.3 is 10.4 Å². The normalized spacial score (nSPS) is 13.1. The summed E-state index contributed by atoms with van der Waals surface area (Å²) in [6.07, 6.45) is 0.565. The summed E-state index contributed by atoms with van der Waals surface area (Å²) in [5, 5.41) is 11.9. The van der Waals surface area contributed by atoms with Gasteiger partial charge in [-0.1, -0.05) is 49.4 Å². The smallest absolute Gasteiger partial charge is 0.326 e. The number of hydrogen-bond donors (Lipinski definition) is 2. The van der Waals surface area contributed by atoms with E-state index in [9.17, 15) is 19.1 Å². The Labute approximate surface area is 140 Å². The molecule has 1 amide bonds. The van der Waals surface area contributed by atoms with Gasteiger partial charge in [0.2, 0.25) is 5.91 Å². The molecule has 0 aliphatic carbocycles. The van der Waals surface area contributed by atoms with Gasteiger partial charge in [-0.05, 0) is 29.7 Å². The van der Waals surface area contributed by atoms with E-state index in [4.69, 9.17) is 0 Å². The molecule has 5 heteroatoms. The molecule has 0 saturated heterocycles. The number of aliphatic carboxylic acids is 1. The quantitative estimate of drug-likeness (QED) is 0.821. The molecule has 0 radical (unpaired) electrons. The molecule has 4 nitrogen and oxygen atoms in total. The van der Waals surface area contributed by atoms with Crippen molar-refractivity contribution in [2.45, 2.75) is 25.8 Å². The molecule has 2 aromatic carbocycles. The van der Waals surface area contributed by atoms with E-state index in [1.165, 1.54) is 12.1 Å². The molecule has 0 fully saturated rings. The van der Waals surface area contributed by atoms with E-state index in [1.54, 1.807) is 19.1 Å². The van der Waals surface area contributed by atoms with Crippen LogP contribution < -0.4 is 5.32 Å². The maximum Gasteiger partial charge on any atom is 0.326 e. The number of carboxylic acids is 1. The van der Waals surface area contributed by atoms with Crippen LogP contribution in [0.4, 0.5) is 4.39 Å². The maximum atomic E-state index is 13.2. The van der Waals surface area contributed by atoms with Crippen LogP contribution in [0.2, 0.25) is 0 Å². The van der Waals surface area contributed by atoms with Crippen LogP contribution in [0.5, 0.6) is 0 Å². The minimum Gasteiger partial charge on any atom is -0.480 e. The number of carboxylic acid groups (broad SMARTS) is 1. The summed E-state index contributed by atoms with van der Waals surface area (Å²) in [5.41, 5.74) is 1.54. The molecule has 24 heavy (non-hydrogen) atoms. The van der Waals surface area contributed by atoms with E-state index in [0.717, 1.165) is 5.56 Å². The molecule has 126 valence electrons. The molecule has 0 heterocycles. The third-order valence-corrected chi connectivity index (χ3v) is 3.78. The Morgan fingerprint density at radius 1 is 1.04 bits per heavy atom.